The zero-order valence-corrected chi connectivity index (χ0v) is 11.9. The molecule has 1 N–H and O–H groups in total. The molecule has 1 aromatic heterocycles. The number of benzene rings is 2. The molecule has 2 heterocycles. The van der Waals surface area contributed by atoms with Gasteiger partial charge in [0.1, 0.15) is 5.75 Å². The van der Waals surface area contributed by atoms with E-state index in [4.69, 9.17) is 4.52 Å². The van der Waals surface area contributed by atoms with Gasteiger partial charge in [-0.15, -0.1) is 11.8 Å². The van der Waals surface area contributed by atoms with Gasteiger partial charge >= 0.3 is 0 Å². The molecule has 104 valence electrons. The van der Waals surface area contributed by atoms with E-state index in [1.165, 1.54) is 10.5 Å². The lowest BCUT2D eigenvalue weighted by Crippen LogP contribution is -1.92. The Morgan fingerprint density at radius 1 is 1.10 bits per heavy atom. The van der Waals surface area contributed by atoms with Crippen molar-refractivity contribution in [1.29, 1.82) is 0 Å². The average Bonchev–Trinajstić information content (AvgIpc) is 3.14. The van der Waals surface area contributed by atoms with Gasteiger partial charge in [-0.3, -0.25) is 0 Å². The highest BCUT2D eigenvalue weighted by molar-refractivity contribution is 7.99. The Balaban J connectivity index is 1.60. The summed E-state index contributed by atoms with van der Waals surface area (Å²) < 4.78 is 5.42. The van der Waals surface area contributed by atoms with E-state index in [1.807, 2.05) is 6.07 Å². The number of rotatable bonds is 2. The van der Waals surface area contributed by atoms with Gasteiger partial charge in [0, 0.05) is 10.5 Å². The first-order chi connectivity index (χ1) is 10.3. The second-order valence-electron chi connectivity index (χ2n) is 4.92. The molecule has 4 rings (SSSR count). The lowest BCUT2D eigenvalue weighted by Gasteiger charge is -1.99. The normalized spacial score (nSPS) is 16.9. The predicted molar refractivity (Wildman–Crippen MR) is 80.1 cm³/mol. The van der Waals surface area contributed by atoms with Gasteiger partial charge in [-0.05, 0) is 42.3 Å². The fraction of sp³-hybridized carbons (Fsp3) is 0.125. The number of aromatic hydroxyl groups is 1. The largest absolute Gasteiger partial charge is 0.508 e. The molecule has 0 radical (unpaired) electrons. The van der Waals surface area contributed by atoms with Crippen LogP contribution in [0.3, 0.4) is 0 Å². The SMILES string of the molecule is Oc1ccc(-c2noc(C3Cc4ccccc4S3)n2)cc1. The van der Waals surface area contributed by atoms with Crippen LogP contribution in [-0.2, 0) is 6.42 Å². The minimum Gasteiger partial charge on any atom is -0.508 e. The number of fused-ring (bicyclic) bond motifs is 1. The fourth-order valence-electron chi connectivity index (χ4n) is 2.41. The van der Waals surface area contributed by atoms with Crippen LogP contribution in [0.1, 0.15) is 16.7 Å². The molecule has 0 saturated carbocycles. The maximum atomic E-state index is 9.31. The first-order valence-electron chi connectivity index (χ1n) is 6.67. The standard InChI is InChI=1S/C16H12N2O2S/c19-12-7-5-10(6-8-12)15-17-16(20-18-15)14-9-11-3-1-2-4-13(11)21-14/h1-8,14,19H,9H2. The van der Waals surface area contributed by atoms with Crippen LogP contribution in [0.5, 0.6) is 5.75 Å². The van der Waals surface area contributed by atoms with Gasteiger partial charge in [0.05, 0.1) is 5.25 Å². The van der Waals surface area contributed by atoms with Crippen LogP contribution in [0.25, 0.3) is 11.4 Å². The number of phenols is 1. The van der Waals surface area contributed by atoms with Crippen molar-refractivity contribution in [2.75, 3.05) is 0 Å². The summed E-state index contributed by atoms with van der Waals surface area (Å²) in [6.45, 7) is 0. The van der Waals surface area contributed by atoms with Gasteiger partial charge in [0.15, 0.2) is 0 Å². The average molecular weight is 296 g/mol. The van der Waals surface area contributed by atoms with E-state index in [0.29, 0.717) is 11.7 Å². The number of aromatic nitrogens is 2. The van der Waals surface area contributed by atoms with Crippen LogP contribution in [0.15, 0.2) is 57.9 Å². The van der Waals surface area contributed by atoms with Crippen molar-refractivity contribution in [2.45, 2.75) is 16.6 Å². The summed E-state index contributed by atoms with van der Waals surface area (Å²) in [6, 6.07) is 15.1. The third-order valence-electron chi connectivity index (χ3n) is 3.49. The highest BCUT2D eigenvalue weighted by atomic mass is 32.2. The highest BCUT2D eigenvalue weighted by Gasteiger charge is 2.28. The summed E-state index contributed by atoms with van der Waals surface area (Å²) in [6.07, 6.45) is 0.915. The molecule has 21 heavy (non-hydrogen) atoms. The third-order valence-corrected chi connectivity index (χ3v) is 4.79. The van der Waals surface area contributed by atoms with Crippen molar-refractivity contribution in [3.05, 3.63) is 60.0 Å². The quantitative estimate of drug-likeness (QED) is 0.778. The van der Waals surface area contributed by atoms with Crippen molar-refractivity contribution >= 4 is 11.8 Å². The van der Waals surface area contributed by atoms with E-state index in [0.717, 1.165) is 12.0 Å². The molecule has 5 heteroatoms. The van der Waals surface area contributed by atoms with Gasteiger partial charge in [-0.2, -0.15) is 4.98 Å². The molecule has 3 aromatic rings. The molecule has 0 bridgehead atoms. The Hall–Kier alpha value is -2.27. The van der Waals surface area contributed by atoms with Gasteiger partial charge < -0.3 is 9.63 Å². The monoisotopic (exact) mass is 296 g/mol. The van der Waals surface area contributed by atoms with E-state index in [-0.39, 0.29) is 11.0 Å². The van der Waals surface area contributed by atoms with Crippen LogP contribution >= 0.6 is 11.8 Å². The van der Waals surface area contributed by atoms with Crippen molar-refractivity contribution in [1.82, 2.24) is 10.1 Å². The first kappa shape index (κ1) is 12.5. The van der Waals surface area contributed by atoms with E-state index >= 15 is 0 Å². The third kappa shape index (κ3) is 2.29. The first-order valence-corrected chi connectivity index (χ1v) is 7.55. The van der Waals surface area contributed by atoms with Crippen molar-refractivity contribution in [3.8, 4) is 17.1 Å². The van der Waals surface area contributed by atoms with Gasteiger partial charge in [-0.1, -0.05) is 23.4 Å². The predicted octanol–water partition coefficient (Wildman–Crippen LogP) is 3.83. The number of phenolic OH excluding ortho intramolecular Hbond substituents is 1. The number of hydrogen-bond acceptors (Lipinski definition) is 5. The van der Waals surface area contributed by atoms with Crippen molar-refractivity contribution in [3.63, 3.8) is 0 Å². The van der Waals surface area contributed by atoms with Gasteiger partial charge in [0.2, 0.25) is 11.7 Å². The highest BCUT2D eigenvalue weighted by Crippen LogP contribution is 2.45. The van der Waals surface area contributed by atoms with E-state index in [1.54, 1.807) is 36.0 Å². The molecule has 1 aliphatic heterocycles. The summed E-state index contributed by atoms with van der Waals surface area (Å²) in [5, 5.41) is 13.5. The summed E-state index contributed by atoms with van der Waals surface area (Å²) in [5.74, 6) is 1.44. The zero-order valence-electron chi connectivity index (χ0n) is 11.1. The molecule has 1 aliphatic rings. The molecule has 4 nitrogen and oxygen atoms in total. The Kier molecular flexibility index (Phi) is 2.93. The summed E-state index contributed by atoms with van der Waals surface area (Å²) in [7, 11) is 0. The van der Waals surface area contributed by atoms with Crippen molar-refractivity contribution in [2.24, 2.45) is 0 Å². The second-order valence-corrected chi connectivity index (χ2v) is 6.17. The van der Waals surface area contributed by atoms with Crippen molar-refractivity contribution < 1.29 is 9.63 Å². The van der Waals surface area contributed by atoms with Crippen LogP contribution in [0, 0.1) is 0 Å². The molecular weight excluding hydrogens is 284 g/mol. The lowest BCUT2D eigenvalue weighted by molar-refractivity contribution is 0.377. The Morgan fingerprint density at radius 3 is 2.71 bits per heavy atom. The summed E-state index contributed by atoms with van der Waals surface area (Å²) in [4.78, 5) is 5.78. The minimum atomic E-state index is 0.181. The molecule has 0 spiro atoms. The van der Waals surface area contributed by atoms with Crippen LogP contribution < -0.4 is 0 Å². The fourth-order valence-corrected chi connectivity index (χ4v) is 3.64. The van der Waals surface area contributed by atoms with Crippen LogP contribution in [0.4, 0.5) is 0 Å². The van der Waals surface area contributed by atoms with E-state index in [9.17, 15) is 5.11 Å². The number of hydrogen-bond donors (Lipinski definition) is 1. The Labute approximate surface area is 125 Å². The molecule has 0 aliphatic carbocycles. The second kappa shape index (κ2) is 4.93. The van der Waals surface area contributed by atoms with Gasteiger partial charge in [-0.25, -0.2) is 0 Å². The maximum Gasteiger partial charge on any atom is 0.240 e. The number of thioether (sulfide) groups is 1. The summed E-state index contributed by atoms with van der Waals surface area (Å²) in [5.41, 5.74) is 2.17. The molecule has 2 aromatic carbocycles. The van der Waals surface area contributed by atoms with Crippen LogP contribution in [0.2, 0.25) is 0 Å². The Bertz CT molecular complexity index is 758. The van der Waals surface area contributed by atoms with Gasteiger partial charge in [0.25, 0.3) is 0 Å². The molecule has 0 amide bonds. The summed E-state index contributed by atoms with van der Waals surface area (Å²) >= 11 is 1.76. The molecule has 1 atom stereocenters. The lowest BCUT2D eigenvalue weighted by atomic mass is 10.1. The maximum absolute atomic E-state index is 9.31. The van der Waals surface area contributed by atoms with Crippen LogP contribution in [-0.4, -0.2) is 15.2 Å². The molecule has 0 saturated heterocycles. The zero-order chi connectivity index (χ0) is 14.2. The van der Waals surface area contributed by atoms with E-state index in [2.05, 4.69) is 28.3 Å². The molecule has 1 unspecified atom stereocenters. The minimum absolute atomic E-state index is 0.181. The van der Waals surface area contributed by atoms with E-state index < -0.39 is 0 Å². The smallest absolute Gasteiger partial charge is 0.240 e. The topological polar surface area (TPSA) is 59.2 Å². The Morgan fingerprint density at radius 2 is 1.90 bits per heavy atom. The molecule has 0 fully saturated rings. The molecular formula is C16H12N2O2S. The number of nitrogens with zero attached hydrogens (tertiary/aromatic N) is 2.